The Kier molecular flexibility index (Phi) is 5.77. The number of hydrogen-bond acceptors (Lipinski definition) is 3. The summed E-state index contributed by atoms with van der Waals surface area (Å²) >= 11 is 7.00. The second-order valence-corrected chi connectivity index (χ2v) is 4.98. The van der Waals surface area contributed by atoms with Crippen molar-refractivity contribution in [2.45, 2.75) is 26.2 Å². The highest BCUT2D eigenvalue weighted by Gasteiger charge is 2.15. The van der Waals surface area contributed by atoms with Crippen LogP contribution in [-0.4, -0.2) is 35.3 Å². The van der Waals surface area contributed by atoms with Crippen LogP contribution in [0.15, 0.2) is 5.51 Å². The monoisotopic (exact) mass is 260 g/mol. The minimum absolute atomic E-state index is 0.0749. The molecule has 0 atom stereocenters. The largest absolute Gasteiger partial charge is 0.341 e. The van der Waals surface area contributed by atoms with Gasteiger partial charge in [-0.3, -0.25) is 4.79 Å². The summed E-state index contributed by atoms with van der Waals surface area (Å²) in [5.74, 6) is 0.775. The van der Waals surface area contributed by atoms with Gasteiger partial charge < -0.3 is 4.90 Å². The van der Waals surface area contributed by atoms with Gasteiger partial charge in [0.15, 0.2) is 0 Å². The van der Waals surface area contributed by atoms with Crippen molar-refractivity contribution in [2.75, 3.05) is 19.5 Å². The quantitative estimate of drug-likeness (QED) is 0.582. The van der Waals surface area contributed by atoms with Crippen LogP contribution in [0.5, 0.6) is 0 Å². The van der Waals surface area contributed by atoms with Crippen LogP contribution in [-0.2, 0) is 0 Å². The summed E-state index contributed by atoms with van der Waals surface area (Å²) in [4.78, 5) is 18.6. The first-order valence-corrected chi connectivity index (χ1v) is 6.79. The lowest BCUT2D eigenvalue weighted by Crippen LogP contribution is -2.27. The van der Waals surface area contributed by atoms with Crippen LogP contribution in [0.25, 0.3) is 0 Å². The number of hydrogen-bond donors (Lipinski definition) is 0. The Balaban J connectivity index is 2.40. The Morgan fingerprint density at radius 3 is 2.81 bits per heavy atom. The summed E-state index contributed by atoms with van der Waals surface area (Å²) in [7, 11) is 1.84. The molecule has 0 radical (unpaired) electrons. The molecule has 1 amide bonds. The first kappa shape index (κ1) is 13.5. The second-order valence-electron chi connectivity index (χ2n) is 3.74. The Hall–Kier alpha value is -0.610. The number of carbonyl (C=O) groups excluding carboxylic acids is 1. The third kappa shape index (κ3) is 3.76. The Morgan fingerprint density at radius 1 is 1.50 bits per heavy atom. The van der Waals surface area contributed by atoms with E-state index in [-0.39, 0.29) is 5.91 Å². The number of thiazole rings is 1. The minimum atomic E-state index is 0.0749. The molecule has 1 aromatic rings. The molecule has 0 aliphatic heterocycles. The minimum Gasteiger partial charge on any atom is -0.341 e. The molecule has 0 saturated heterocycles. The van der Waals surface area contributed by atoms with E-state index in [2.05, 4.69) is 4.98 Å². The molecule has 1 aromatic heterocycles. The number of rotatable bonds is 6. The molecule has 16 heavy (non-hydrogen) atoms. The van der Waals surface area contributed by atoms with E-state index in [4.69, 9.17) is 11.6 Å². The number of nitrogens with zero attached hydrogens (tertiary/aromatic N) is 2. The third-order valence-electron chi connectivity index (χ3n) is 2.41. The normalized spacial score (nSPS) is 10.4. The highest BCUT2D eigenvalue weighted by molar-refractivity contribution is 7.11. The predicted octanol–water partition coefficient (Wildman–Crippen LogP) is 2.93. The Labute approximate surface area is 105 Å². The van der Waals surface area contributed by atoms with Crippen LogP contribution >= 0.6 is 22.9 Å². The molecule has 0 spiro atoms. The van der Waals surface area contributed by atoms with Crippen molar-refractivity contribution in [1.82, 2.24) is 9.88 Å². The van der Waals surface area contributed by atoms with Crippen molar-refractivity contribution in [1.29, 1.82) is 0 Å². The summed E-state index contributed by atoms with van der Waals surface area (Å²) in [6.45, 7) is 2.65. The molecule has 0 fully saturated rings. The van der Waals surface area contributed by atoms with E-state index in [0.717, 1.165) is 36.4 Å². The van der Waals surface area contributed by atoms with E-state index in [1.807, 2.05) is 14.0 Å². The zero-order chi connectivity index (χ0) is 12.0. The number of amides is 1. The van der Waals surface area contributed by atoms with E-state index in [9.17, 15) is 4.79 Å². The van der Waals surface area contributed by atoms with E-state index < -0.39 is 0 Å². The maximum atomic E-state index is 12.0. The molecule has 5 heteroatoms. The van der Waals surface area contributed by atoms with Gasteiger partial charge >= 0.3 is 0 Å². The van der Waals surface area contributed by atoms with Gasteiger partial charge in [-0.25, -0.2) is 4.98 Å². The smallest absolute Gasteiger partial charge is 0.265 e. The lowest BCUT2D eigenvalue weighted by atomic mass is 10.2. The summed E-state index contributed by atoms with van der Waals surface area (Å²) in [5.41, 5.74) is 2.53. The average molecular weight is 261 g/mol. The molecule has 0 aliphatic rings. The van der Waals surface area contributed by atoms with Crippen molar-refractivity contribution < 1.29 is 4.79 Å². The fourth-order valence-corrected chi connectivity index (χ4v) is 2.39. The summed E-state index contributed by atoms with van der Waals surface area (Å²) in [5, 5.41) is 0. The summed E-state index contributed by atoms with van der Waals surface area (Å²) < 4.78 is 0. The molecule has 0 bridgehead atoms. The summed E-state index contributed by atoms with van der Waals surface area (Å²) in [6, 6.07) is 0. The fourth-order valence-electron chi connectivity index (χ4n) is 1.40. The molecule has 0 unspecified atom stereocenters. The van der Waals surface area contributed by atoms with E-state index >= 15 is 0 Å². The van der Waals surface area contributed by atoms with Gasteiger partial charge in [-0.15, -0.1) is 22.9 Å². The molecule has 0 aromatic carbocycles. The molecule has 1 rings (SSSR count). The molecule has 1 heterocycles. The maximum Gasteiger partial charge on any atom is 0.265 e. The molecule has 3 nitrogen and oxygen atoms in total. The van der Waals surface area contributed by atoms with E-state index in [1.54, 1.807) is 10.4 Å². The van der Waals surface area contributed by atoms with Crippen LogP contribution in [0.2, 0.25) is 0 Å². The van der Waals surface area contributed by atoms with Crippen LogP contribution < -0.4 is 0 Å². The number of aryl methyl sites for hydroxylation is 1. The Morgan fingerprint density at radius 2 is 2.25 bits per heavy atom. The van der Waals surface area contributed by atoms with Gasteiger partial charge in [0.1, 0.15) is 4.88 Å². The molecule has 0 saturated carbocycles. The summed E-state index contributed by atoms with van der Waals surface area (Å²) in [6.07, 6.45) is 3.10. The second kappa shape index (κ2) is 6.86. The lowest BCUT2D eigenvalue weighted by Gasteiger charge is -2.16. The van der Waals surface area contributed by atoms with Gasteiger partial charge in [-0.2, -0.15) is 0 Å². The van der Waals surface area contributed by atoms with Crippen molar-refractivity contribution in [3.05, 3.63) is 16.1 Å². The maximum absolute atomic E-state index is 12.0. The topological polar surface area (TPSA) is 33.2 Å². The number of carbonyl (C=O) groups is 1. The lowest BCUT2D eigenvalue weighted by molar-refractivity contribution is 0.0796. The van der Waals surface area contributed by atoms with Crippen LogP contribution in [0.4, 0.5) is 0 Å². The van der Waals surface area contributed by atoms with Crippen molar-refractivity contribution in [3.8, 4) is 0 Å². The van der Waals surface area contributed by atoms with Crippen LogP contribution in [0, 0.1) is 6.92 Å². The van der Waals surface area contributed by atoms with Gasteiger partial charge in [0.05, 0.1) is 11.2 Å². The van der Waals surface area contributed by atoms with Crippen molar-refractivity contribution >= 4 is 28.8 Å². The van der Waals surface area contributed by atoms with Crippen molar-refractivity contribution in [3.63, 3.8) is 0 Å². The van der Waals surface area contributed by atoms with E-state index in [1.165, 1.54) is 11.3 Å². The third-order valence-corrected chi connectivity index (χ3v) is 3.60. The Bertz CT molecular complexity index is 340. The van der Waals surface area contributed by atoms with Gasteiger partial charge in [0.25, 0.3) is 5.91 Å². The van der Waals surface area contributed by atoms with E-state index in [0.29, 0.717) is 5.88 Å². The molecular formula is C11H17ClN2OS. The molecule has 0 aliphatic carbocycles. The number of aromatic nitrogens is 1. The molecule has 0 N–H and O–H groups in total. The fraction of sp³-hybridized carbons (Fsp3) is 0.636. The predicted molar refractivity (Wildman–Crippen MR) is 68.4 cm³/mol. The van der Waals surface area contributed by atoms with Gasteiger partial charge in [-0.05, 0) is 19.8 Å². The van der Waals surface area contributed by atoms with Gasteiger partial charge in [0.2, 0.25) is 0 Å². The SMILES string of the molecule is Cc1ncsc1C(=O)N(C)CCCCCCl. The standard InChI is InChI=1S/C11H17ClN2OS/c1-9-10(16-8-13-9)11(15)14(2)7-5-3-4-6-12/h8H,3-7H2,1-2H3. The van der Waals surface area contributed by atoms with Gasteiger partial charge in [-0.1, -0.05) is 6.42 Å². The van der Waals surface area contributed by atoms with Crippen LogP contribution in [0.1, 0.15) is 34.6 Å². The number of halogens is 1. The highest BCUT2D eigenvalue weighted by atomic mass is 35.5. The highest BCUT2D eigenvalue weighted by Crippen LogP contribution is 2.14. The average Bonchev–Trinajstić information content (AvgIpc) is 2.69. The zero-order valence-electron chi connectivity index (χ0n) is 9.70. The first-order valence-electron chi connectivity index (χ1n) is 5.38. The molecular weight excluding hydrogens is 244 g/mol. The van der Waals surface area contributed by atoms with Crippen molar-refractivity contribution in [2.24, 2.45) is 0 Å². The number of alkyl halides is 1. The number of unbranched alkanes of at least 4 members (excludes halogenated alkanes) is 2. The van der Waals surface area contributed by atoms with Crippen LogP contribution in [0.3, 0.4) is 0 Å². The first-order chi connectivity index (χ1) is 7.66. The zero-order valence-corrected chi connectivity index (χ0v) is 11.3. The van der Waals surface area contributed by atoms with Gasteiger partial charge in [0, 0.05) is 19.5 Å². The molecule has 90 valence electrons.